The number of carbonyl (C=O) groups is 1. The third-order valence-electron chi connectivity index (χ3n) is 3.68. The van der Waals surface area contributed by atoms with Gasteiger partial charge in [0.15, 0.2) is 0 Å². The van der Waals surface area contributed by atoms with Gasteiger partial charge in [-0.1, -0.05) is 19.3 Å². The highest BCUT2D eigenvalue weighted by Crippen LogP contribution is 2.18. The largest absolute Gasteiger partial charge is 0.391 e. The number of hydrogen-bond acceptors (Lipinski definition) is 3. The van der Waals surface area contributed by atoms with E-state index in [0.29, 0.717) is 0 Å². The van der Waals surface area contributed by atoms with Crippen LogP contribution in [0.2, 0.25) is 0 Å². The second kappa shape index (κ2) is 5.64. The summed E-state index contributed by atoms with van der Waals surface area (Å²) in [6.45, 7) is 0.936. The molecule has 2 rings (SSSR count). The van der Waals surface area contributed by atoms with Crippen LogP contribution >= 0.6 is 0 Å². The van der Waals surface area contributed by atoms with Gasteiger partial charge < -0.3 is 15.7 Å². The van der Waals surface area contributed by atoms with Crippen LogP contribution in [0.5, 0.6) is 0 Å². The number of carbonyl (C=O) groups excluding carboxylic acids is 1. The summed E-state index contributed by atoms with van der Waals surface area (Å²) >= 11 is 0. The second-order valence-electron chi connectivity index (χ2n) is 4.97. The molecule has 0 aromatic carbocycles. The maximum Gasteiger partial charge on any atom is 0.237 e. The van der Waals surface area contributed by atoms with Crippen molar-refractivity contribution >= 4 is 5.91 Å². The van der Waals surface area contributed by atoms with E-state index in [0.717, 1.165) is 51.5 Å². The van der Waals surface area contributed by atoms with Gasteiger partial charge in [0.25, 0.3) is 0 Å². The Labute approximate surface area is 96.8 Å². The van der Waals surface area contributed by atoms with Crippen LogP contribution in [-0.4, -0.2) is 35.7 Å². The fraction of sp³-hybridized carbons (Fsp3) is 0.917. The second-order valence-corrected chi connectivity index (χ2v) is 4.97. The van der Waals surface area contributed by atoms with Crippen molar-refractivity contribution in [3.63, 3.8) is 0 Å². The first-order valence-electron chi connectivity index (χ1n) is 6.49. The topological polar surface area (TPSA) is 61.4 Å². The van der Waals surface area contributed by atoms with Gasteiger partial charge in [-0.25, -0.2) is 0 Å². The number of aliphatic hydroxyl groups is 1. The predicted molar refractivity (Wildman–Crippen MR) is 62.0 cm³/mol. The molecule has 0 bridgehead atoms. The van der Waals surface area contributed by atoms with Crippen molar-refractivity contribution in [2.45, 2.75) is 63.1 Å². The molecule has 2 fully saturated rings. The summed E-state index contributed by atoms with van der Waals surface area (Å²) in [6.07, 6.45) is 6.79. The Morgan fingerprint density at radius 1 is 1.12 bits per heavy atom. The van der Waals surface area contributed by atoms with Gasteiger partial charge in [-0.05, 0) is 32.2 Å². The molecule has 16 heavy (non-hydrogen) atoms. The fourth-order valence-electron chi connectivity index (χ4n) is 2.64. The lowest BCUT2D eigenvalue weighted by Gasteiger charge is -2.31. The van der Waals surface area contributed by atoms with Gasteiger partial charge in [-0.15, -0.1) is 0 Å². The Balaban J connectivity index is 1.80. The van der Waals surface area contributed by atoms with Crippen LogP contribution in [0.15, 0.2) is 0 Å². The zero-order valence-corrected chi connectivity index (χ0v) is 9.74. The molecule has 1 heterocycles. The van der Waals surface area contributed by atoms with Crippen LogP contribution in [-0.2, 0) is 4.79 Å². The number of hydrogen-bond donors (Lipinski definition) is 3. The first-order valence-corrected chi connectivity index (χ1v) is 6.49. The molecular weight excluding hydrogens is 204 g/mol. The molecule has 4 heteroatoms. The first-order chi connectivity index (χ1) is 7.77. The molecule has 4 nitrogen and oxygen atoms in total. The molecular formula is C12H22N2O2. The van der Waals surface area contributed by atoms with E-state index in [1.165, 1.54) is 0 Å². The molecule has 0 spiro atoms. The molecule has 1 saturated heterocycles. The van der Waals surface area contributed by atoms with Crippen molar-refractivity contribution in [1.82, 2.24) is 10.6 Å². The van der Waals surface area contributed by atoms with E-state index in [-0.39, 0.29) is 24.1 Å². The number of aliphatic hydroxyl groups excluding tert-OH is 1. The summed E-state index contributed by atoms with van der Waals surface area (Å²) in [7, 11) is 0. The molecule has 92 valence electrons. The van der Waals surface area contributed by atoms with E-state index < -0.39 is 0 Å². The Kier molecular flexibility index (Phi) is 4.18. The number of nitrogens with one attached hydrogen (secondary N) is 2. The van der Waals surface area contributed by atoms with Crippen molar-refractivity contribution in [1.29, 1.82) is 0 Å². The van der Waals surface area contributed by atoms with E-state index in [1.807, 2.05) is 0 Å². The first kappa shape index (κ1) is 11.9. The maximum absolute atomic E-state index is 11.9. The number of rotatable bonds is 2. The molecule has 0 aromatic heterocycles. The molecule has 2 unspecified atom stereocenters. The summed E-state index contributed by atoms with van der Waals surface area (Å²) in [4.78, 5) is 11.9. The minimum Gasteiger partial charge on any atom is -0.391 e. The molecule has 1 amide bonds. The minimum absolute atomic E-state index is 0.0232. The molecule has 3 atom stereocenters. The standard InChI is InChI=1S/C12H22N2O2/c15-11-7-2-1-5-9(11)14-12(16)10-6-3-4-8-13-10/h9-11,13,15H,1-8H2,(H,14,16)/t9?,10-,11?/m0/s1. The van der Waals surface area contributed by atoms with E-state index in [9.17, 15) is 9.90 Å². The zero-order chi connectivity index (χ0) is 11.4. The van der Waals surface area contributed by atoms with Crippen LogP contribution in [0.3, 0.4) is 0 Å². The Hall–Kier alpha value is -0.610. The van der Waals surface area contributed by atoms with Crippen molar-refractivity contribution in [2.24, 2.45) is 0 Å². The summed E-state index contributed by atoms with van der Waals surface area (Å²) in [5, 5.41) is 16.0. The van der Waals surface area contributed by atoms with Gasteiger partial charge >= 0.3 is 0 Å². The van der Waals surface area contributed by atoms with E-state index in [2.05, 4.69) is 10.6 Å². The lowest BCUT2D eigenvalue weighted by atomic mass is 9.92. The average molecular weight is 226 g/mol. The highest BCUT2D eigenvalue weighted by molar-refractivity contribution is 5.82. The SMILES string of the molecule is O=C(NC1CCCCC1O)[C@@H]1CCCCN1. The smallest absolute Gasteiger partial charge is 0.237 e. The molecule has 1 aliphatic carbocycles. The monoisotopic (exact) mass is 226 g/mol. The predicted octanol–water partition coefficient (Wildman–Crippen LogP) is 0.548. The Morgan fingerprint density at radius 2 is 1.88 bits per heavy atom. The van der Waals surface area contributed by atoms with Crippen molar-refractivity contribution < 1.29 is 9.90 Å². The van der Waals surface area contributed by atoms with Crippen molar-refractivity contribution in [3.8, 4) is 0 Å². The Bertz CT molecular complexity index is 239. The van der Waals surface area contributed by atoms with Crippen LogP contribution in [0.25, 0.3) is 0 Å². The molecule has 1 saturated carbocycles. The number of amides is 1. The lowest BCUT2D eigenvalue weighted by molar-refractivity contribution is -0.125. The van der Waals surface area contributed by atoms with Gasteiger partial charge in [0.2, 0.25) is 5.91 Å². The van der Waals surface area contributed by atoms with Crippen molar-refractivity contribution in [2.75, 3.05) is 6.54 Å². The molecule has 0 radical (unpaired) electrons. The van der Waals surface area contributed by atoms with Crippen molar-refractivity contribution in [3.05, 3.63) is 0 Å². The molecule has 1 aliphatic heterocycles. The summed E-state index contributed by atoms with van der Waals surface area (Å²) in [6, 6.07) is -0.0622. The minimum atomic E-state index is -0.346. The van der Waals surface area contributed by atoms with Gasteiger partial charge in [0, 0.05) is 0 Å². The van der Waals surface area contributed by atoms with Crippen LogP contribution in [0.4, 0.5) is 0 Å². The summed E-state index contributed by atoms with van der Waals surface area (Å²) < 4.78 is 0. The van der Waals surface area contributed by atoms with E-state index >= 15 is 0 Å². The Morgan fingerprint density at radius 3 is 2.56 bits per heavy atom. The maximum atomic E-state index is 11.9. The van der Waals surface area contributed by atoms with Crippen LogP contribution in [0.1, 0.15) is 44.9 Å². The zero-order valence-electron chi connectivity index (χ0n) is 9.74. The average Bonchev–Trinajstić information content (AvgIpc) is 2.33. The third-order valence-corrected chi connectivity index (χ3v) is 3.68. The highest BCUT2D eigenvalue weighted by atomic mass is 16.3. The van der Waals surface area contributed by atoms with Crippen LogP contribution < -0.4 is 10.6 Å². The molecule has 2 aliphatic rings. The normalized spacial score (nSPS) is 35.7. The lowest BCUT2D eigenvalue weighted by Crippen LogP contribution is -2.53. The fourth-order valence-corrected chi connectivity index (χ4v) is 2.64. The molecule has 0 aromatic rings. The van der Waals surface area contributed by atoms with E-state index in [4.69, 9.17) is 0 Å². The summed E-state index contributed by atoms with van der Waals surface area (Å²) in [5.74, 6) is 0.0747. The van der Waals surface area contributed by atoms with E-state index in [1.54, 1.807) is 0 Å². The summed E-state index contributed by atoms with van der Waals surface area (Å²) in [5.41, 5.74) is 0. The van der Waals surface area contributed by atoms with Gasteiger partial charge in [0.05, 0.1) is 18.2 Å². The van der Waals surface area contributed by atoms with Gasteiger partial charge in [-0.2, -0.15) is 0 Å². The van der Waals surface area contributed by atoms with Gasteiger partial charge in [-0.3, -0.25) is 4.79 Å². The highest BCUT2D eigenvalue weighted by Gasteiger charge is 2.28. The number of piperidine rings is 1. The third kappa shape index (κ3) is 2.95. The van der Waals surface area contributed by atoms with Crippen LogP contribution in [0, 0.1) is 0 Å². The van der Waals surface area contributed by atoms with Gasteiger partial charge in [0.1, 0.15) is 0 Å². The quantitative estimate of drug-likeness (QED) is 0.644. The molecule has 3 N–H and O–H groups in total.